The zero-order valence-electron chi connectivity index (χ0n) is 15.0. The van der Waals surface area contributed by atoms with Crippen LogP contribution in [-0.2, 0) is 23.9 Å². The number of carbonyl (C=O) groups is 1. The average molecular weight is 404 g/mol. The summed E-state index contributed by atoms with van der Waals surface area (Å²) in [6, 6.07) is 13.5. The summed E-state index contributed by atoms with van der Waals surface area (Å²) in [6.07, 6.45) is -3.13. The maximum atomic E-state index is 13.2. The molecule has 0 saturated carbocycles. The number of nitrogens with one attached hydrogen (secondary N) is 1. The predicted molar refractivity (Wildman–Crippen MR) is 97.7 cm³/mol. The molecule has 0 aliphatic heterocycles. The molecule has 4 nitrogen and oxygen atoms in total. The highest BCUT2D eigenvalue weighted by Crippen LogP contribution is 2.29. The van der Waals surface area contributed by atoms with Gasteiger partial charge in [0.05, 0.1) is 12.0 Å². The van der Waals surface area contributed by atoms with Gasteiger partial charge in [-0.25, -0.2) is 9.37 Å². The number of halogens is 4. The number of carbonyl (C=O) groups excluding carboxylic acids is 1. The van der Waals surface area contributed by atoms with Crippen LogP contribution in [-0.4, -0.2) is 10.9 Å². The van der Waals surface area contributed by atoms with Crippen LogP contribution in [0.15, 0.2) is 66.9 Å². The van der Waals surface area contributed by atoms with E-state index in [2.05, 4.69) is 10.3 Å². The van der Waals surface area contributed by atoms with E-state index >= 15 is 0 Å². The lowest BCUT2D eigenvalue weighted by atomic mass is 10.1. The molecule has 0 bridgehead atoms. The van der Waals surface area contributed by atoms with Gasteiger partial charge in [-0.05, 0) is 29.3 Å². The van der Waals surface area contributed by atoms with E-state index in [4.69, 9.17) is 4.74 Å². The molecule has 0 saturated heterocycles. The van der Waals surface area contributed by atoms with Crippen LogP contribution in [0.1, 0.15) is 16.7 Å². The highest BCUT2D eigenvalue weighted by molar-refractivity contribution is 5.78. The molecule has 3 rings (SSSR count). The van der Waals surface area contributed by atoms with Crippen LogP contribution < -0.4 is 10.1 Å². The molecule has 0 fully saturated rings. The van der Waals surface area contributed by atoms with E-state index in [1.807, 2.05) is 0 Å². The third kappa shape index (κ3) is 6.03. The van der Waals surface area contributed by atoms with Crippen LogP contribution in [0.4, 0.5) is 17.6 Å². The van der Waals surface area contributed by atoms with Crippen LogP contribution >= 0.6 is 0 Å². The van der Waals surface area contributed by atoms with Gasteiger partial charge in [-0.1, -0.05) is 30.3 Å². The number of nitrogens with zero attached hydrogens (tertiary/aromatic N) is 1. The molecule has 1 aromatic heterocycles. The first-order chi connectivity index (χ1) is 13.8. The smallest absolute Gasteiger partial charge is 0.416 e. The first kappa shape index (κ1) is 20.3. The van der Waals surface area contributed by atoms with Crippen molar-refractivity contribution in [2.75, 3.05) is 0 Å². The Balaban J connectivity index is 1.53. The maximum Gasteiger partial charge on any atom is 0.416 e. The van der Waals surface area contributed by atoms with E-state index in [0.29, 0.717) is 11.3 Å². The second-order valence-electron chi connectivity index (χ2n) is 6.22. The number of aromatic nitrogens is 1. The molecule has 1 N–H and O–H groups in total. The van der Waals surface area contributed by atoms with E-state index in [1.165, 1.54) is 36.5 Å². The van der Waals surface area contributed by atoms with Gasteiger partial charge in [0.25, 0.3) is 0 Å². The minimum absolute atomic E-state index is 0.158. The van der Waals surface area contributed by atoms with Gasteiger partial charge < -0.3 is 10.1 Å². The Labute approximate surface area is 164 Å². The van der Waals surface area contributed by atoms with Crippen molar-refractivity contribution in [3.05, 3.63) is 89.4 Å². The molecular formula is C21H16F4N2O2. The third-order valence-electron chi connectivity index (χ3n) is 3.92. The fourth-order valence-electron chi connectivity index (χ4n) is 2.53. The van der Waals surface area contributed by atoms with Gasteiger partial charge in [-0.15, -0.1) is 0 Å². The van der Waals surface area contributed by atoms with E-state index in [0.717, 1.165) is 12.1 Å². The highest BCUT2D eigenvalue weighted by atomic mass is 19.4. The molecule has 0 atom stereocenters. The quantitative estimate of drug-likeness (QED) is 0.595. The van der Waals surface area contributed by atoms with E-state index in [9.17, 15) is 22.4 Å². The number of benzene rings is 2. The molecule has 0 aliphatic rings. The summed E-state index contributed by atoms with van der Waals surface area (Å²) in [5.74, 6) is -0.277. The van der Waals surface area contributed by atoms with E-state index in [-0.39, 0.29) is 24.4 Å². The van der Waals surface area contributed by atoms with Crippen molar-refractivity contribution in [3.63, 3.8) is 0 Å². The molecular weight excluding hydrogens is 388 g/mol. The first-order valence-electron chi connectivity index (χ1n) is 8.61. The molecule has 1 heterocycles. The monoisotopic (exact) mass is 404 g/mol. The minimum Gasteiger partial charge on any atom is -0.439 e. The van der Waals surface area contributed by atoms with Crippen molar-refractivity contribution in [1.82, 2.24) is 10.3 Å². The lowest BCUT2D eigenvalue weighted by molar-refractivity contribution is -0.137. The van der Waals surface area contributed by atoms with Gasteiger partial charge in [0.1, 0.15) is 11.6 Å². The Morgan fingerprint density at radius 2 is 1.79 bits per heavy atom. The number of alkyl halides is 3. The number of hydrogen-bond acceptors (Lipinski definition) is 3. The van der Waals surface area contributed by atoms with Crippen molar-refractivity contribution in [3.8, 4) is 11.6 Å². The predicted octanol–water partition coefficient (Wildman–Crippen LogP) is 4.89. The molecule has 2 aromatic carbocycles. The van der Waals surface area contributed by atoms with Gasteiger partial charge in [0.15, 0.2) is 0 Å². The number of pyridine rings is 1. The highest BCUT2D eigenvalue weighted by Gasteiger charge is 2.30. The maximum absolute atomic E-state index is 13.2. The van der Waals surface area contributed by atoms with Gasteiger partial charge in [0.2, 0.25) is 11.8 Å². The van der Waals surface area contributed by atoms with Crippen LogP contribution in [0.25, 0.3) is 0 Å². The van der Waals surface area contributed by atoms with Crippen LogP contribution in [0, 0.1) is 5.82 Å². The summed E-state index contributed by atoms with van der Waals surface area (Å²) in [6.45, 7) is 0.158. The molecule has 3 aromatic rings. The number of ether oxygens (including phenoxy) is 1. The largest absolute Gasteiger partial charge is 0.439 e. The summed E-state index contributed by atoms with van der Waals surface area (Å²) in [7, 11) is 0. The summed E-state index contributed by atoms with van der Waals surface area (Å²) in [5.41, 5.74) is 0.157. The van der Waals surface area contributed by atoms with Crippen LogP contribution in [0.2, 0.25) is 0 Å². The summed E-state index contributed by atoms with van der Waals surface area (Å²) < 4.78 is 56.8. The molecule has 8 heteroatoms. The Morgan fingerprint density at radius 3 is 2.48 bits per heavy atom. The van der Waals surface area contributed by atoms with Gasteiger partial charge in [0, 0.05) is 24.9 Å². The van der Waals surface area contributed by atoms with Gasteiger partial charge in [-0.3, -0.25) is 4.79 Å². The SMILES string of the molecule is O=C(Cc1cccc(C(F)(F)F)c1)NCc1ccc(Oc2cccc(F)c2)nc1. The first-order valence-corrected chi connectivity index (χ1v) is 8.61. The van der Waals surface area contributed by atoms with Crippen molar-refractivity contribution < 1.29 is 27.1 Å². The zero-order chi connectivity index (χ0) is 20.9. The Bertz CT molecular complexity index is 988. The van der Waals surface area contributed by atoms with Crippen LogP contribution in [0.3, 0.4) is 0 Å². The molecule has 150 valence electrons. The molecule has 1 amide bonds. The average Bonchev–Trinajstić information content (AvgIpc) is 2.67. The van der Waals surface area contributed by atoms with E-state index in [1.54, 1.807) is 18.2 Å². The lowest BCUT2D eigenvalue weighted by Gasteiger charge is -2.09. The van der Waals surface area contributed by atoms with Crippen molar-refractivity contribution >= 4 is 5.91 Å². The normalized spacial score (nSPS) is 11.2. The Morgan fingerprint density at radius 1 is 1.00 bits per heavy atom. The summed E-state index contributed by atoms with van der Waals surface area (Å²) in [4.78, 5) is 16.1. The molecule has 0 aliphatic carbocycles. The fraction of sp³-hybridized carbons (Fsp3) is 0.143. The molecule has 0 unspecified atom stereocenters. The van der Waals surface area contributed by atoms with Crippen molar-refractivity contribution in [1.29, 1.82) is 0 Å². The third-order valence-corrected chi connectivity index (χ3v) is 3.92. The van der Waals surface area contributed by atoms with Crippen LogP contribution in [0.5, 0.6) is 11.6 Å². The van der Waals surface area contributed by atoms with Gasteiger partial charge >= 0.3 is 6.18 Å². The Kier molecular flexibility index (Phi) is 6.11. The standard InChI is InChI=1S/C21H16F4N2O2/c22-17-5-2-6-18(11-17)29-20-8-7-15(13-27-20)12-26-19(28)10-14-3-1-4-16(9-14)21(23,24)25/h1-9,11,13H,10,12H2,(H,26,28). The molecule has 0 spiro atoms. The number of amides is 1. The summed E-state index contributed by atoms with van der Waals surface area (Å²) in [5, 5.41) is 2.63. The number of rotatable bonds is 6. The second kappa shape index (κ2) is 8.72. The molecule has 0 radical (unpaired) electrons. The van der Waals surface area contributed by atoms with E-state index < -0.39 is 23.5 Å². The summed E-state index contributed by atoms with van der Waals surface area (Å²) >= 11 is 0. The minimum atomic E-state index is -4.45. The Hall–Kier alpha value is -3.42. The lowest BCUT2D eigenvalue weighted by Crippen LogP contribution is -2.24. The van der Waals surface area contributed by atoms with Crippen molar-refractivity contribution in [2.24, 2.45) is 0 Å². The fourth-order valence-corrected chi connectivity index (χ4v) is 2.53. The molecule has 29 heavy (non-hydrogen) atoms. The topological polar surface area (TPSA) is 51.2 Å². The zero-order valence-corrected chi connectivity index (χ0v) is 15.0. The second-order valence-corrected chi connectivity index (χ2v) is 6.22. The number of hydrogen-bond donors (Lipinski definition) is 1. The van der Waals surface area contributed by atoms with Gasteiger partial charge in [-0.2, -0.15) is 13.2 Å². The van der Waals surface area contributed by atoms with Crippen molar-refractivity contribution in [2.45, 2.75) is 19.1 Å².